The molecule has 0 aliphatic carbocycles. The first-order chi connectivity index (χ1) is 15.2. The molecule has 0 saturated carbocycles. The number of morpholine rings is 1. The number of aromatic nitrogens is 3. The van der Waals surface area contributed by atoms with E-state index in [1.54, 1.807) is 11.8 Å². The third-order valence-electron chi connectivity index (χ3n) is 5.24. The molecule has 2 aromatic carbocycles. The summed E-state index contributed by atoms with van der Waals surface area (Å²) in [6.45, 7) is 9.02. The van der Waals surface area contributed by atoms with Crippen LogP contribution in [0.5, 0.6) is 0 Å². The fourth-order valence-corrected chi connectivity index (χ4v) is 4.49. The second kappa shape index (κ2) is 9.94. The van der Waals surface area contributed by atoms with Gasteiger partial charge in [0.1, 0.15) is 0 Å². The molecule has 0 unspecified atom stereocenters. The van der Waals surface area contributed by atoms with Crippen molar-refractivity contribution in [2.24, 2.45) is 0 Å². The van der Waals surface area contributed by atoms with Crippen LogP contribution in [0.4, 0.5) is 0 Å². The van der Waals surface area contributed by atoms with Gasteiger partial charge in [-0.1, -0.05) is 65.9 Å². The Morgan fingerprint density at radius 2 is 1.87 bits per heavy atom. The van der Waals surface area contributed by atoms with Gasteiger partial charge < -0.3 is 9.64 Å². The zero-order valence-corrected chi connectivity index (χ0v) is 18.5. The molecule has 4 rings (SSSR count). The van der Waals surface area contributed by atoms with Crippen molar-refractivity contribution >= 4 is 17.7 Å². The zero-order chi connectivity index (χ0) is 21.6. The first-order valence-corrected chi connectivity index (χ1v) is 11.3. The Labute approximate surface area is 186 Å². The van der Waals surface area contributed by atoms with Crippen molar-refractivity contribution < 1.29 is 9.53 Å². The molecular formula is C24H26N4O2S. The van der Waals surface area contributed by atoms with E-state index in [0.29, 0.717) is 38.6 Å². The number of carbonyl (C=O) groups excluding carboxylic acids is 1. The summed E-state index contributed by atoms with van der Waals surface area (Å²) in [5.74, 6) is 1.52. The lowest BCUT2D eigenvalue weighted by atomic mass is 10.1. The predicted octanol–water partition coefficient (Wildman–Crippen LogP) is 4.20. The number of thioether (sulfide) groups is 1. The van der Waals surface area contributed by atoms with Crippen molar-refractivity contribution in [3.8, 4) is 11.4 Å². The van der Waals surface area contributed by atoms with Gasteiger partial charge in [-0.15, -0.1) is 16.8 Å². The molecule has 1 saturated heterocycles. The second-order valence-electron chi connectivity index (χ2n) is 7.42. The summed E-state index contributed by atoms with van der Waals surface area (Å²) in [6.07, 6.45) is 1.85. The molecule has 1 aromatic heterocycles. The number of ether oxygens (including phenoxy) is 1. The Morgan fingerprint density at radius 1 is 1.13 bits per heavy atom. The molecule has 31 heavy (non-hydrogen) atoms. The van der Waals surface area contributed by atoms with E-state index in [1.807, 2.05) is 35.2 Å². The summed E-state index contributed by atoms with van der Waals surface area (Å²) in [5.41, 5.74) is 3.96. The summed E-state index contributed by atoms with van der Waals surface area (Å²) < 4.78 is 7.44. The van der Waals surface area contributed by atoms with Crippen LogP contribution in [0, 0.1) is 6.92 Å². The quantitative estimate of drug-likeness (QED) is 0.412. The number of amides is 1. The van der Waals surface area contributed by atoms with Gasteiger partial charge in [0.05, 0.1) is 13.2 Å². The van der Waals surface area contributed by atoms with Crippen molar-refractivity contribution in [3.05, 3.63) is 77.9 Å². The highest BCUT2D eigenvalue weighted by Crippen LogP contribution is 2.28. The number of nitrogens with zero attached hydrogens (tertiary/aromatic N) is 4. The first-order valence-electron chi connectivity index (χ1n) is 10.4. The molecular weight excluding hydrogens is 408 g/mol. The average molecular weight is 435 g/mol. The molecule has 160 valence electrons. The van der Waals surface area contributed by atoms with Gasteiger partial charge in [0, 0.05) is 36.5 Å². The Kier molecular flexibility index (Phi) is 6.84. The number of hydrogen-bond donors (Lipinski definition) is 0. The highest BCUT2D eigenvalue weighted by Gasteiger charge is 2.21. The molecule has 6 nitrogen and oxygen atoms in total. The number of benzene rings is 2. The van der Waals surface area contributed by atoms with E-state index in [1.165, 1.54) is 5.56 Å². The lowest BCUT2D eigenvalue weighted by molar-refractivity contribution is 0.0302. The Hall–Kier alpha value is -2.90. The highest BCUT2D eigenvalue weighted by molar-refractivity contribution is 7.98. The number of allylic oxidation sites excluding steroid dienone is 1. The van der Waals surface area contributed by atoms with E-state index in [4.69, 9.17) is 4.74 Å². The standard InChI is InChI=1S/C24H26N4O2S/c1-3-12-28-22(19-10-8-18(2)9-11-19)25-26-24(28)31-17-20-6-4-5-7-21(20)23(29)27-13-15-30-16-14-27/h3-11H,1,12-17H2,2H3. The summed E-state index contributed by atoms with van der Waals surface area (Å²) in [5, 5.41) is 9.67. The molecule has 7 heteroatoms. The maximum absolute atomic E-state index is 13.0. The Bertz CT molecular complexity index is 1060. The molecule has 1 aliphatic rings. The normalized spacial score (nSPS) is 13.9. The fraction of sp³-hybridized carbons (Fsp3) is 0.292. The number of carbonyl (C=O) groups is 1. The molecule has 0 spiro atoms. The minimum Gasteiger partial charge on any atom is -0.378 e. The number of rotatable bonds is 7. The van der Waals surface area contributed by atoms with Gasteiger partial charge in [0.2, 0.25) is 0 Å². The third kappa shape index (κ3) is 4.89. The Morgan fingerprint density at radius 3 is 2.61 bits per heavy atom. The lowest BCUT2D eigenvalue weighted by Crippen LogP contribution is -2.41. The monoisotopic (exact) mass is 434 g/mol. The number of aryl methyl sites for hydroxylation is 1. The largest absolute Gasteiger partial charge is 0.378 e. The highest BCUT2D eigenvalue weighted by atomic mass is 32.2. The van der Waals surface area contributed by atoms with Crippen LogP contribution in [-0.4, -0.2) is 51.9 Å². The molecule has 0 radical (unpaired) electrons. The van der Waals surface area contributed by atoms with E-state index in [9.17, 15) is 4.79 Å². The van der Waals surface area contributed by atoms with E-state index >= 15 is 0 Å². The van der Waals surface area contributed by atoms with Crippen molar-refractivity contribution in [2.75, 3.05) is 26.3 Å². The molecule has 2 heterocycles. The van der Waals surface area contributed by atoms with Gasteiger partial charge in [0.15, 0.2) is 11.0 Å². The van der Waals surface area contributed by atoms with Crippen molar-refractivity contribution in [1.29, 1.82) is 0 Å². The molecule has 0 bridgehead atoms. The van der Waals surface area contributed by atoms with Crippen LogP contribution in [0.1, 0.15) is 21.5 Å². The maximum Gasteiger partial charge on any atom is 0.254 e. The third-order valence-corrected chi connectivity index (χ3v) is 6.26. The SMILES string of the molecule is C=CCn1c(SCc2ccccc2C(=O)N2CCOCC2)nnc1-c1ccc(C)cc1. The number of hydrogen-bond acceptors (Lipinski definition) is 5. The van der Waals surface area contributed by atoms with Crippen LogP contribution in [-0.2, 0) is 17.0 Å². The first kappa shape index (κ1) is 21.3. The zero-order valence-electron chi connectivity index (χ0n) is 17.7. The minimum atomic E-state index is 0.0624. The molecule has 0 atom stereocenters. The van der Waals surface area contributed by atoms with Gasteiger partial charge in [-0.25, -0.2) is 0 Å². The van der Waals surface area contributed by atoms with Crippen LogP contribution >= 0.6 is 11.8 Å². The van der Waals surface area contributed by atoms with Crippen molar-refractivity contribution in [1.82, 2.24) is 19.7 Å². The van der Waals surface area contributed by atoms with E-state index in [-0.39, 0.29) is 5.91 Å². The van der Waals surface area contributed by atoms with Crippen molar-refractivity contribution in [2.45, 2.75) is 24.4 Å². The molecule has 0 N–H and O–H groups in total. The van der Waals surface area contributed by atoms with Crippen LogP contribution in [0.25, 0.3) is 11.4 Å². The smallest absolute Gasteiger partial charge is 0.254 e. The summed E-state index contributed by atoms with van der Waals surface area (Å²) >= 11 is 1.58. The van der Waals surface area contributed by atoms with Gasteiger partial charge in [-0.05, 0) is 18.6 Å². The summed E-state index contributed by atoms with van der Waals surface area (Å²) in [7, 11) is 0. The molecule has 1 aliphatic heterocycles. The van der Waals surface area contributed by atoms with Crippen LogP contribution < -0.4 is 0 Å². The molecule has 1 fully saturated rings. The molecule has 3 aromatic rings. The molecule has 1 amide bonds. The predicted molar refractivity (Wildman–Crippen MR) is 123 cm³/mol. The second-order valence-corrected chi connectivity index (χ2v) is 8.36. The van der Waals surface area contributed by atoms with E-state index in [0.717, 1.165) is 27.7 Å². The van der Waals surface area contributed by atoms with Gasteiger partial charge in [-0.2, -0.15) is 0 Å². The minimum absolute atomic E-state index is 0.0624. The van der Waals surface area contributed by atoms with E-state index in [2.05, 4.69) is 52.5 Å². The summed E-state index contributed by atoms with van der Waals surface area (Å²) in [4.78, 5) is 14.9. The van der Waals surface area contributed by atoms with Gasteiger partial charge in [0.25, 0.3) is 5.91 Å². The lowest BCUT2D eigenvalue weighted by Gasteiger charge is -2.27. The topological polar surface area (TPSA) is 60.2 Å². The average Bonchev–Trinajstić information content (AvgIpc) is 3.21. The van der Waals surface area contributed by atoms with Crippen molar-refractivity contribution in [3.63, 3.8) is 0 Å². The van der Waals surface area contributed by atoms with Gasteiger partial charge in [-0.3, -0.25) is 9.36 Å². The summed E-state index contributed by atoms with van der Waals surface area (Å²) in [6, 6.07) is 16.1. The maximum atomic E-state index is 13.0. The fourth-order valence-electron chi connectivity index (χ4n) is 3.54. The Balaban J connectivity index is 1.55. The van der Waals surface area contributed by atoms with E-state index < -0.39 is 0 Å². The van der Waals surface area contributed by atoms with Crippen LogP contribution in [0.15, 0.2) is 66.3 Å². The van der Waals surface area contributed by atoms with Crippen LogP contribution in [0.2, 0.25) is 0 Å². The van der Waals surface area contributed by atoms with Crippen LogP contribution in [0.3, 0.4) is 0 Å². The van der Waals surface area contributed by atoms with Gasteiger partial charge >= 0.3 is 0 Å².